The van der Waals surface area contributed by atoms with E-state index >= 15 is 0 Å². The predicted octanol–water partition coefficient (Wildman–Crippen LogP) is 8.26. The summed E-state index contributed by atoms with van der Waals surface area (Å²) in [6.45, 7) is 0. The van der Waals surface area contributed by atoms with E-state index in [1.807, 2.05) is 0 Å². The first-order valence-electron chi connectivity index (χ1n) is 11.3. The monoisotopic (exact) mass is 638 g/mol. The molecule has 4 aromatic rings. The van der Waals surface area contributed by atoms with Gasteiger partial charge in [0.05, 0.1) is 28.0 Å². The zero-order chi connectivity index (χ0) is 32.6. The van der Waals surface area contributed by atoms with Crippen molar-refractivity contribution < 1.29 is 61.5 Å². The van der Waals surface area contributed by atoms with Crippen molar-refractivity contribution in [2.45, 2.75) is 12.4 Å². The lowest BCUT2D eigenvalue weighted by Gasteiger charge is -2.18. The first kappa shape index (κ1) is 30.4. The minimum absolute atomic E-state index is 0.0330. The van der Waals surface area contributed by atoms with Crippen molar-refractivity contribution in [2.75, 3.05) is 0 Å². The summed E-state index contributed by atoms with van der Waals surface area (Å²) in [5, 5.41) is 9.19. The normalized spacial score (nSPS) is 12.7. The maximum Gasteiger partial charge on any atom is 0.417 e. The van der Waals surface area contributed by atoms with Crippen molar-refractivity contribution in [3.05, 3.63) is 93.6 Å². The molecule has 0 bridgehead atoms. The molecular formula is C26H4F14N4. The van der Waals surface area contributed by atoms with Gasteiger partial charge in [0.2, 0.25) is 6.19 Å². The molecule has 0 N–H and O–H groups in total. The molecule has 2 heterocycles. The van der Waals surface area contributed by atoms with E-state index in [4.69, 9.17) is 0 Å². The number of aliphatic imine (C=N–C) groups is 1. The summed E-state index contributed by atoms with van der Waals surface area (Å²) in [6, 6.07) is 0.500. The van der Waals surface area contributed by atoms with Crippen LogP contribution in [-0.2, 0) is 12.4 Å². The molecule has 4 nitrogen and oxygen atoms in total. The molecule has 0 radical (unpaired) electrons. The molecule has 0 atom stereocenters. The number of hydrogen-bond acceptors (Lipinski definition) is 4. The lowest BCUT2D eigenvalue weighted by atomic mass is 9.91. The second kappa shape index (κ2) is 9.99. The average molecular weight is 638 g/mol. The highest BCUT2D eigenvalue weighted by Crippen LogP contribution is 2.50. The smallest absolute Gasteiger partial charge is 0.201 e. The minimum atomic E-state index is -5.60. The fourth-order valence-electron chi connectivity index (χ4n) is 4.68. The van der Waals surface area contributed by atoms with E-state index in [0.717, 1.165) is 0 Å². The highest BCUT2D eigenvalue weighted by molar-refractivity contribution is 6.26. The standard InChI is InChI=1S/C26H4F14N4/c27-16-14(17(28)22(32)43-21(16)31)10-1-8-6(3-12(10)25(35,36)37)7-4-13(26(38,39)40)11(2-9(7)20(8)42-5-41)15-18(29)23(33)44-24(34)19(15)30/h1-4H. The van der Waals surface area contributed by atoms with E-state index in [1.54, 1.807) is 0 Å². The Hall–Kier alpha value is -5.08. The van der Waals surface area contributed by atoms with Gasteiger partial charge in [0.1, 0.15) is 0 Å². The van der Waals surface area contributed by atoms with Crippen LogP contribution in [0.25, 0.3) is 33.4 Å². The molecule has 0 saturated heterocycles. The molecule has 5 rings (SSSR count). The van der Waals surface area contributed by atoms with Crippen molar-refractivity contribution in [3.8, 4) is 39.6 Å². The Morgan fingerprint density at radius 3 is 1.09 bits per heavy atom. The number of nitriles is 1. The minimum Gasteiger partial charge on any atom is -0.201 e. The molecule has 0 unspecified atom stereocenters. The first-order valence-corrected chi connectivity index (χ1v) is 11.3. The Morgan fingerprint density at radius 1 is 0.500 bits per heavy atom. The van der Waals surface area contributed by atoms with Crippen LogP contribution in [0.5, 0.6) is 0 Å². The first-order chi connectivity index (χ1) is 20.4. The SMILES string of the molecule is N#CN=C1c2cc(-c3c(F)c(F)nc(F)c3F)c(C(F)(F)F)cc2-c2cc(C(F)(F)F)c(-c3c(F)c(F)nc(F)c3F)cc21. The van der Waals surface area contributed by atoms with Crippen LogP contribution in [0, 0.1) is 58.5 Å². The molecule has 0 spiro atoms. The summed E-state index contributed by atoms with van der Waals surface area (Å²) in [5.74, 6) is -19.0. The van der Waals surface area contributed by atoms with Crippen LogP contribution >= 0.6 is 0 Å². The molecule has 0 amide bonds. The van der Waals surface area contributed by atoms with Crippen molar-refractivity contribution in [1.82, 2.24) is 9.97 Å². The number of hydrogen-bond donors (Lipinski definition) is 0. The Morgan fingerprint density at radius 2 is 0.818 bits per heavy atom. The second-order valence-corrected chi connectivity index (χ2v) is 8.84. The van der Waals surface area contributed by atoms with Crippen LogP contribution < -0.4 is 0 Å². The summed E-state index contributed by atoms with van der Waals surface area (Å²) < 4.78 is 198. The van der Waals surface area contributed by atoms with E-state index in [2.05, 4.69) is 15.0 Å². The third kappa shape index (κ3) is 4.59. The van der Waals surface area contributed by atoms with E-state index in [9.17, 15) is 66.7 Å². The fraction of sp³-hybridized carbons (Fsp3) is 0.0769. The van der Waals surface area contributed by atoms with Gasteiger partial charge >= 0.3 is 12.4 Å². The number of nitrogens with zero attached hydrogens (tertiary/aromatic N) is 4. The van der Waals surface area contributed by atoms with Gasteiger partial charge in [-0.25, -0.2) is 17.6 Å². The number of rotatable bonds is 2. The van der Waals surface area contributed by atoms with Gasteiger partial charge in [-0.2, -0.15) is 64.1 Å². The van der Waals surface area contributed by atoms with Gasteiger partial charge in [0.15, 0.2) is 23.3 Å². The molecule has 0 saturated carbocycles. The number of aromatic nitrogens is 2. The van der Waals surface area contributed by atoms with E-state index in [1.165, 1.54) is 6.19 Å². The topological polar surface area (TPSA) is 61.9 Å². The third-order valence-corrected chi connectivity index (χ3v) is 6.42. The van der Waals surface area contributed by atoms with Gasteiger partial charge in [-0.3, -0.25) is 0 Å². The zero-order valence-corrected chi connectivity index (χ0v) is 20.4. The van der Waals surface area contributed by atoms with Crippen molar-refractivity contribution in [1.29, 1.82) is 5.26 Å². The Bertz CT molecular complexity index is 1800. The molecule has 18 heteroatoms. The number of benzene rings is 2. The summed E-state index contributed by atoms with van der Waals surface area (Å²) in [4.78, 5) is 7.76. The molecule has 1 aliphatic rings. The van der Waals surface area contributed by atoms with Crippen LogP contribution in [0.15, 0.2) is 29.3 Å². The molecular weight excluding hydrogens is 634 g/mol. The van der Waals surface area contributed by atoms with Crippen LogP contribution in [0.1, 0.15) is 22.3 Å². The Labute approximate surface area is 233 Å². The van der Waals surface area contributed by atoms with E-state index < -0.39 is 121 Å². The van der Waals surface area contributed by atoms with Gasteiger partial charge in [0.25, 0.3) is 23.8 Å². The Kier molecular flexibility index (Phi) is 6.90. The largest absolute Gasteiger partial charge is 0.417 e. The van der Waals surface area contributed by atoms with Gasteiger partial charge in [-0.05, 0) is 35.4 Å². The van der Waals surface area contributed by atoms with E-state index in [-0.39, 0.29) is 24.3 Å². The highest BCUT2D eigenvalue weighted by Gasteiger charge is 2.42. The molecule has 1 aliphatic carbocycles. The van der Waals surface area contributed by atoms with Crippen LogP contribution in [0.2, 0.25) is 0 Å². The summed E-state index contributed by atoms with van der Waals surface area (Å²) in [6.07, 6.45) is -10.0. The van der Waals surface area contributed by atoms with Gasteiger partial charge < -0.3 is 0 Å². The van der Waals surface area contributed by atoms with Gasteiger partial charge in [0, 0.05) is 22.3 Å². The molecule has 226 valence electrons. The molecule has 2 aromatic carbocycles. The maximum atomic E-state index is 14.6. The van der Waals surface area contributed by atoms with Crippen LogP contribution in [-0.4, -0.2) is 15.7 Å². The predicted molar refractivity (Wildman–Crippen MR) is 119 cm³/mol. The summed E-state index contributed by atoms with van der Waals surface area (Å²) >= 11 is 0. The van der Waals surface area contributed by atoms with Gasteiger partial charge in [-0.1, -0.05) is 0 Å². The maximum absolute atomic E-state index is 14.6. The Balaban J connectivity index is 1.93. The lowest BCUT2D eigenvalue weighted by molar-refractivity contribution is -0.138. The molecule has 44 heavy (non-hydrogen) atoms. The van der Waals surface area contributed by atoms with Crippen LogP contribution in [0.4, 0.5) is 61.5 Å². The highest BCUT2D eigenvalue weighted by atomic mass is 19.4. The zero-order valence-electron chi connectivity index (χ0n) is 20.4. The quantitative estimate of drug-likeness (QED) is 0.111. The molecule has 2 aromatic heterocycles. The fourth-order valence-corrected chi connectivity index (χ4v) is 4.68. The van der Waals surface area contributed by atoms with Crippen molar-refractivity contribution in [3.63, 3.8) is 0 Å². The summed E-state index contributed by atoms with van der Waals surface area (Å²) in [5.41, 5.74) is -15.2. The number of fused-ring (bicyclic) bond motifs is 3. The second-order valence-electron chi connectivity index (χ2n) is 8.84. The van der Waals surface area contributed by atoms with Crippen molar-refractivity contribution >= 4 is 5.71 Å². The summed E-state index contributed by atoms with van der Waals surface area (Å²) in [7, 11) is 0. The molecule has 0 fully saturated rings. The number of alkyl halides is 6. The number of pyridine rings is 2. The number of halogens is 14. The third-order valence-electron chi connectivity index (χ3n) is 6.42. The van der Waals surface area contributed by atoms with E-state index in [0.29, 0.717) is 0 Å². The average Bonchev–Trinajstić information content (AvgIpc) is 3.21. The van der Waals surface area contributed by atoms with Gasteiger partial charge in [-0.15, -0.1) is 0 Å². The lowest BCUT2D eigenvalue weighted by Crippen LogP contribution is -2.12. The van der Waals surface area contributed by atoms with Crippen LogP contribution in [0.3, 0.4) is 0 Å². The van der Waals surface area contributed by atoms with Crippen molar-refractivity contribution in [2.24, 2.45) is 4.99 Å². The molecule has 0 aliphatic heterocycles.